The molecule has 1 aromatic carbocycles. The summed E-state index contributed by atoms with van der Waals surface area (Å²) < 4.78 is 25.2. The molecule has 4 heterocycles. The van der Waals surface area contributed by atoms with E-state index in [-0.39, 0.29) is 17.6 Å². The van der Waals surface area contributed by atoms with Gasteiger partial charge in [-0.1, -0.05) is 11.6 Å². The number of piperidine rings is 1. The van der Waals surface area contributed by atoms with Gasteiger partial charge in [0.25, 0.3) is 5.91 Å². The second kappa shape index (κ2) is 10.6. The predicted molar refractivity (Wildman–Crippen MR) is 139 cm³/mol. The molecule has 4 aromatic rings. The summed E-state index contributed by atoms with van der Waals surface area (Å²) in [5.74, 6) is 1.01. The van der Waals surface area contributed by atoms with E-state index in [1.165, 1.54) is 7.11 Å². The Balaban J connectivity index is 1.29. The summed E-state index contributed by atoms with van der Waals surface area (Å²) in [6, 6.07) is 6.92. The summed E-state index contributed by atoms with van der Waals surface area (Å²) in [6.45, 7) is 1.64. The van der Waals surface area contributed by atoms with Crippen LogP contribution in [-0.2, 0) is 0 Å². The van der Waals surface area contributed by atoms with Gasteiger partial charge in [0.2, 0.25) is 0 Å². The zero-order valence-corrected chi connectivity index (χ0v) is 21.2. The van der Waals surface area contributed by atoms with Crippen LogP contribution in [0.15, 0.2) is 42.9 Å². The van der Waals surface area contributed by atoms with Gasteiger partial charge in [0.1, 0.15) is 17.1 Å². The Kier molecular flexibility index (Phi) is 7.09. The normalized spacial score (nSPS) is 15.6. The van der Waals surface area contributed by atoms with Gasteiger partial charge in [-0.2, -0.15) is 0 Å². The number of halogens is 2. The van der Waals surface area contributed by atoms with E-state index >= 15 is 0 Å². The number of carbonyl (C=O) groups excluding carboxylic acids is 1. The zero-order valence-electron chi connectivity index (χ0n) is 20.4. The first-order chi connectivity index (χ1) is 18.0. The minimum absolute atomic E-state index is 0.105. The topological polar surface area (TPSA) is 105 Å². The third kappa shape index (κ3) is 5.15. The van der Waals surface area contributed by atoms with Gasteiger partial charge in [0.15, 0.2) is 17.5 Å². The summed E-state index contributed by atoms with van der Waals surface area (Å²) in [5, 5.41) is 4.36. The lowest BCUT2D eigenvalue weighted by molar-refractivity contribution is 0.0676. The molecule has 1 fully saturated rings. The highest BCUT2D eigenvalue weighted by atomic mass is 35.5. The molecular formula is C26H26ClFN6O3. The average molecular weight is 525 g/mol. The number of rotatable bonds is 7. The van der Waals surface area contributed by atoms with Gasteiger partial charge in [-0.05, 0) is 37.0 Å². The smallest absolute Gasteiger partial charge is 0.257 e. The number of carbonyl (C=O) groups is 1. The molecule has 2 N–H and O–H groups in total. The lowest BCUT2D eigenvalue weighted by atomic mass is 9.97. The SMILES string of the molecule is COc1ccc(C(=O)N2CCC[C@H](CNc3nc(-c4c[nH]c5ncc(Cl)cc45)ncc3F)C2)c(OC)c1. The first-order valence-electron chi connectivity index (χ1n) is 11.9. The summed E-state index contributed by atoms with van der Waals surface area (Å²) >= 11 is 6.10. The Morgan fingerprint density at radius 3 is 2.92 bits per heavy atom. The standard InChI is InChI=1S/C26H26ClFN6O3/c1-36-17-5-6-18(22(9-17)37-2)26(35)34-7-3-4-15(14-34)10-29-25-21(28)13-32-24(33-25)20-12-31-23-19(20)8-16(27)11-30-23/h5-6,8-9,11-13,15H,3-4,7,10,14H2,1-2H3,(H,30,31)(H,29,32,33)/t15-/m1/s1. The summed E-state index contributed by atoms with van der Waals surface area (Å²) in [6.07, 6.45) is 6.17. The fourth-order valence-corrected chi connectivity index (χ4v) is 4.74. The highest BCUT2D eigenvalue weighted by molar-refractivity contribution is 6.31. The van der Waals surface area contributed by atoms with Crippen LogP contribution in [0.2, 0.25) is 5.02 Å². The molecule has 1 aliphatic rings. The van der Waals surface area contributed by atoms with E-state index in [1.807, 2.05) is 4.90 Å². The van der Waals surface area contributed by atoms with Crippen molar-refractivity contribution in [3.05, 3.63) is 59.3 Å². The number of ether oxygens (including phenoxy) is 2. The van der Waals surface area contributed by atoms with Gasteiger partial charge < -0.3 is 24.7 Å². The molecule has 0 saturated carbocycles. The first kappa shape index (κ1) is 24.8. The number of benzene rings is 1. The van der Waals surface area contributed by atoms with E-state index < -0.39 is 5.82 Å². The van der Waals surface area contributed by atoms with E-state index in [9.17, 15) is 9.18 Å². The van der Waals surface area contributed by atoms with E-state index in [0.717, 1.165) is 24.4 Å². The second-order valence-electron chi connectivity index (χ2n) is 8.85. The molecule has 1 aliphatic heterocycles. The number of nitrogens with one attached hydrogen (secondary N) is 2. The molecule has 0 bridgehead atoms. The summed E-state index contributed by atoms with van der Waals surface area (Å²) in [7, 11) is 3.09. The third-order valence-electron chi connectivity index (χ3n) is 6.49. The molecule has 1 amide bonds. The van der Waals surface area contributed by atoms with Crippen LogP contribution in [0.3, 0.4) is 0 Å². The van der Waals surface area contributed by atoms with E-state index in [4.69, 9.17) is 21.1 Å². The van der Waals surface area contributed by atoms with Crippen molar-refractivity contribution in [1.29, 1.82) is 0 Å². The number of fused-ring (bicyclic) bond motifs is 1. The van der Waals surface area contributed by atoms with Gasteiger partial charge in [-0.25, -0.2) is 19.3 Å². The Morgan fingerprint density at radius 1 is 1.24 bits per heavy atom. The first-order valence-corrected chi connectivity index (χ1v) is 12.3. The van der Waals surface area contributed by atoms with Gasteiger partial charge in [-0.3, -0.25) is 4.79 Å². The molecule has 11 heteroatoms. The number of hydrogen-bond acceptors (Lipinski definition) is 7. The number of aromatic nitrogens is 4. The monoisotopic (exact) mass is 524 g/mol. The molecule has 37 heavy (non-hydrogen) atoms. The fourth-order valence-electron chi connectivity index (χ4n) is 4.59. The Morgan fingerprint density at radius 2 is 2.11 bits per heavy atom. The molecule has 0 radical (unpaired) electrons. The molecule has 0 spiro atoms. The molecule has 192 valence electrons. The summed E-state index contributed by atoms with van der Waals surface area (Å²) in [5.41, 5.74) is 1.80. The number of H-pyrrole nitrogens is 1. The van der Waals surface area contributed by atoms with Crippen LogP contribution in [0.4, 0.5) is 10.2 Å². The zero-order chi connectivity index (χ0) is 25.9. The molecule has 9 nitrogen and oxygen atoms in total. The highest BCUT2D eigenvalue weighted by Crippen LogP contribution is 2.30. The van der Waals surface area contributed by atoms with Crippen molar-refractivity contribution >= 4 is 34.4 Å². The number of aromatic amines is 1. The van der Waals surface area contributed by atoms with Crippen molar-refractivity contribution in [1.82, 2.24) is 24.8 Å². The van der Waals surface area contributed by atoms with Crippen LogP contribution < -0.4 is 14.8 Å². The second-order valence-corrected chi connectivity index (χ2v) is 9.29. The van der Waals surface area contributed by atoms with Crippen LogP contribution in [-0.4, -0.2) is 64.6 Å². The van der Waals surface area contributed by atoms with Gasteiger partial charge in [0.05, 0.1) is 31.0 Å². The van der Waals surface area contributed by atoms with Crippen LogP contribution >= 0.6 is 11.6 Å². The van der Waals surface area contributed by atoms with E-state index in [0.29, 0.717) is 58.8 Å². The van der Waals surface area contributed by atoms with E-state index in [2.05, 4.69) is 25.3 Å². The number of hydrogen-bond donors (Lipinski definition) is 2. The molecule has 1 saturated heterocycles. The van der Waals surface area contributed by atoms with Gasteiger partial charge in [-0.15, -0.1) is 0 Å². The van der Waals surface area contributed by atoms with Gasteiger partial charge >= 0.3 is 0 Å². The Bertz CT molecular complexity index is 1450. The number of pyridine rings is 1. The molecule has 3 aromatic heterocycles. The van der Waals surface area contributed by atoms with Crippen molar-refractivity contribution in [2.45, 2.75) is 12.8 Å². The molecule has 0 unspecified atom stereocenters. The Labute approximate surface area is 218 Å². The average Bonchev–Trinajstić information content (AvgIpc) is 3.35. The lowest BCUT2D eigenvalue weighted by Crippen LogP contribution is -2.42. The Hall–Kier alpha value is -3.92. The highest BCUT2D eigenvalue weighted by Gasteiger charge is 2.27. The van der Waals surface area contributed by atoms with Crippen LogP contribution in [0, 0.1) is 11.7 Å². The minimum Gasteiger partial charge on any atom is -0.497 e. The molecule has 5 rings (SSSR count). The predicted octanol–water partition coefficient (Wildman–Crippen LogP) is 4.79. The van der Waals surface area contributed by atoms with Crippen LogP contribution in [0.25, 0.3) is 22.4 Å². The van der Waals surface area contributed by atoms with Crippen molar-refractivity contribution in [2.75, 3.05) is 39.2 Å². The molecule has 0 aliphatic carbocycles. The maximum atomic E-state index is 14.6. The van der Waals surface area contributed by atoms with E-state index in [1.54, 1.807) is 43.8 Å². The number of methoxy groups -OCH3 is 2. The van der Waals surface area contributed by atoms with Crippen molar-refractivity contribution in [2.24, 2.45) is 5.92 Å². The van der Waals surface area contributed by atoms with Crippen molar-refractivity contribution in [3.8, 4) is 22.9 Å². The maximum absolute atomic E-state index is 14.6. The number of nitrogens with zero attached hydrogens (tertiary/aromatic N) is 4. The van der Waals surface area contributed by atoms with Crippen LogP contribution in [0.5, 0.6) is 11.5 Å². The third-order valence-corrected chi connectivity index (χ3v) is 6.69. The largest absolute Gasteiger partial charge is 0.497 e. The molecule has 1 atom stereocenters. The number of likely N-dealkylation sites (tertiary alicyclic amines) is 1. The molecular weight excluding hydrogens is 499 g/mol. The number of amides is 1. The minimum atomic E-state index is -0.550. The summed E-state index contributed by atoms with van der Waals surface area (Å²) in [4.78, 5) is 30.9. The quantitative estimate of drug-likeness (QED) is 0.358. The van der Waals surface area contributed by atoms with Crippen LogP contribution in [0.1, 0.15) is 23.2 Å². The fraction of sp³-hybridized carbons (Fsp3) is 0.308. The number of anilines is 1. The lowest BCUT2D eigenvalue weighted by Gasteiger charge is -2.33. The van der Waals surface area contributed by atoms with Crippen molar-refractivity contribution < 1.29 is 18.7 Å². The maximum Gasteiger partial charge on any atom is 0.257 e. The van der Waals surface area contributed by atoms with Gasteiger partial charge in [0, 0.05) is 49.0 Å². The van der Waals surface area contributed by atoms with Crippen molar-refractivity contribution in [3.63, 3.8) is 0 Å².